The highest BCUT2D eigenvalue weighted by atomic mass is 32.2. The number of carbonyl (C=O) groups excluding carboxylic acids is 1. The Labute approximate surface area is 194 Å². The second-order valence-electron chi connectivity index (χ2n) is 7.51. The maximum absolute atomic E-state index is 13.4. The molecule has 1 heterocycles. The summed E-state index contributed by atoms with van der Waals surface area (Å²) in [7, 11) is -3.89. The lowest BCUT2D eigenvalue weighted by atomic mass is 10.1. The number of rotatable bonds is 11. The van der Waals surface area contributed by atoms with Crippen molar-refractivity contribution >= 4 is 33.4 Å². The highest BCUT2D eigenvalue weighted by Gasteiger charge is 2.27. The molecule has 0 aliphatic rings. The van der Waals surface area contributed by atoms with Crippen LogP contribution in [-0.4, -0.2) is 33.2 Å². The number of carbonyl (C=O) groups is 1. The van der Waals surface area contributed by atoms with Crippen molar-refractivity contribution in [3.05, 3.63) is 83.8 Å². The highest BCUT2D eigenvalue weighted by molar-refractivity contribution is 7.98. The van der Waals surface area contributed by atoms with Crippen molar-refractivity contribution in [1.82, 2.24) is 5.32 Å². The van der Waals surface area contributed by atoms with Gasteiger partial charge in [0.25, 0.3) is 10.0 Å². The fourth-order valence-corrected chi connectivity index (χ4v) is 5.57. The standard InChI is InChI=1S/C24H28N2O4S2/c1-19-14-20(2)16-21(15-19)26(32(28,29)23-9-4-3-5-10-23)17-24(27)25-11-7-13-31-18-22-8-6-12-30-22/h3-6,8-10,12,14-16H,7,11,13,17-18H2,1-2H3,(H,25,27). The molecule has 0 bridgehead atoms. The first-order valence-corrected chi connectivity index (χ1v) is 13.0. The summed E-state index contributed by atoms with van der Waals surface area (Å²) in [6, 6.07) is 17.5. The molecule has 0 aliphatic carbocycles. The van der Waals surface area contributed by atoms with Gasteiger partial charge < -0.3 is 9.73 Å². The summed E-state index contributed by atoms with van der Waals surface area (Å²) in [6.07, 6.45) is 2.44. The first-order chi connectivity index (χ1) is 15.4. The van der Waals surface area contributed by atoms with Gasteiger partial charge in [0.1, 0.15) is 12.3 Å². The summed E-state index contributed by atoms with van der Waals surface area (Å²) in [5.74, 6) is 2.25. The van der Waals surface area contributed by atoms with Crippen molar-refractivity contribution in [2.45, 2.75) is 30.9 Å². The van der Waals surface area contributed by atoms with Crippen molar-refractivity contribution in [2.75, 3.05) is 23.1 Å². The summed E-state index contributed by atoms with van der Waals surface area (Å²) in [6.45, 7) is 4.02. The number of nitrogens with one attached hydrogen (secondary N) is 1. The third-order valence-corrected chi connectivity index (χ3v) is 7.58. The minimum atomic E-state index is -3.89. The minimum Gasteiger partial charge on any atom is -0.468 e. The molecule has 0 fully saturated rings. The lowest BCUT2D eigenvalue weighted by Gasteiger charge is -2.25. The average molecular weight is 473 g/mol. The van der Waals surface area contributed by atoms with Crippen molar-refractivity contribution in [3.63, 3.8) is 0 Å². The Morgan fingerprint density at radius 3 is 2.41 bits per heavy atom. The number of hydrogen-bond donors (Lipinski definition) is 1. The van der Waals surface area contributed by atoms with Gasteiger partial charge in [-0.3, -0.25) is 9.10 Å². The van der Waals surface area contributed by atoms with Gasteiger partial charge in [-0.2, -0.15) is 11.8 Å². The Kier molecular flexibility index (Phi) is 8.41. The van der Waals surface area contributed by atoms with E-state index in [1.54, 1.807) is 60.5 Å². The van der Waals surface area contributed by atoms with Crippen LogP contribution in [0.3, 0.4) is 0 Å². The van der Waals surface area contributed by atoms with Crippen LogP contribution in [-0.2, 0) is 20.6 Å². The van der Waals surface area contributed by atoms with Crippen LogP contribution in [0.15, 0.2) is 76.2 Å². The molecule has 1 aromatic heterocycles. The van der Waals surface area contributed by atoms with Crippen LogP contribution in [0.4, 0.5) is 5.69 Å². The molecular weight excluding hydrogens is 444 g/mol. The first kappa shape index (κ1) is 23.9. The van der Waals surface area contributed by atoms with Gasteiger partial charge >= 0.3 is 0 Å². The SMILES string of the molecule is Cc1cc(C)cc(N(CC(=O)NCCCSCc2ccco2)S(=O)(=O)c2ccccc2)c1. The maximum Gasteiger partial charge on any atom is 0.264 e. The van der Waals surface area contributed by atoms with Crippen molar-refractivity contribution in [2.24, 2.45) is 0 Å². The number of hydrogen-bond acceptors (Lipinski definition) is 5. The number of aryl methyl sites for hydroxylation is 2. The molecule has 6 nitrogen and oxygen atoms in total. The predicted molar refractivity (Wildman–Crippen MR) is 129 cm³/mol. The van der Waals surface area contributed by atoms with Gasteiger partial charge in [0.2, 0.25) is 5.91 Å². The molecule has 0 aliphatic heterocycles. The number of furan rings is 1. The van der Waals surface area contributed by atoms with Gasteiger partial charge in [-0.05, 0) is 73.5 Å². The first-order valence-electron chi connectivity index (χ1n) is 10.4. The molecule has 0 saturated carbocycles. The second kappa shape index (κ2) is 11.2. The topological polar surface area (TPSA) is 79.6 Å². The third kappa shape index (κ3) is 6.64. The van der Waals surface area contributed by atoms with Crippen molar-refractivity contribution in [1.29, 1.82) is 0 Å². The van der Waals surface area contributed by atoms with Crippen LogP contribution < -0.4 is 9.62 Å². The highest BCUT2D eigenvalue weighted by Crippen LogP contribution is 2.25. The van der Waals surface area contributed by atoms with Gasteiger partial charge in [0, 0.05) is 6.54 Å². The van der Waals surface area contributed by atoms with Crippen LogP contribution in [0.1, 0.15) is 23.3 Å². The average Bonchev–Trinajstić information content (AvgIpc) is 3.28. The summed E-state index contributed by atoms with van der Waals surface area (Å²) < 4.78 is 33.2. The lowest BCUT2D eigenvalue weighted by Crippen LogP contribution is -2.41. The molecular formula is C24H28N2O4S2. The Morgan fingerprint density at radius 2 is 1.75 bits per heavy atom. The van der Waals surface area contributed by atoms with Crippen LogP contribution in [0.25, 0.3) is 0 Å². The summed E-state index contributed by atoms with van der Waals surface area (Å²) in [5.41, 5.74) is 2.35. The van der Waals surface area contributed by atoms with E-state index < -0.39 is 10.0 Å². The monoisotopic (exact) mass is 472 g/mol. The quantitative estimate of drug-likeness (QED) is 0.415. The number of sulfonamides is 1. The van der Waals surface area contributed by atoms with Crippen LogP contribution in [0.2, 0.25) is 0 Å². The number of benzene rings is 2. The molecule has 0 unspecified atom stereocenters. The van der Waals surface area contributed by atoms with Crippen LogP contribution in [0.5, 0.6) is 0 Å². The van der Waals surface area contributed by atoms with E-state index in [2.05, 4.69) is 5.32 Å². The zero-order valence-electron chi connectivity index (χ0n) is 18.3. The molecule has 170 valence electrons. The van der Waals surface area contributed by atoms with Crippen LogP contribution >= 0.6 is 11.8 Å². The second-order valence-corrected chi connectivity index (χ2v) is 10.5. The van der Waals surface area contributed by atoms with Gasteiger partial charge in [0.15, 0.2) is 0 Å². The number of nitrogens with zero attached hydrogens (tertiary/aromatic N) is 1. The fourth-order valence-electron chi connectivity index (χ4n) is 3.29. The molecule has 32 heavy (non-hydrogen) atoms. The molecule has 3 rings (SSSR count). The Hall–Kier alpha value is -2.71. The summed E-state index contributed by atoms with van der Waals surface area (Å²) >= 11 is 1.73. The normalized spacial score (nSPS) is 11.3. The van der Waals surface area contributed by atoms with E-state index in [4.69, 9.17) is 4.42 Å². The van der Waals surface area contributed by atoms with E-state index in [1.807, 2.05) is 32.0 Å². The van der Waals surface area contributed by atoms with Gasteiger partial charge in [0.05, 0.1) is 22.6 Å². The zero-order chi connectivity index (χ0) is 23.0. The number of anilines is 1. The van der Waals surface area contributed by atoms with E-state index in [9.17, 15) is 13.2 Å². The van der Waals surface area contributed by atoms with Gasteiger partial charge in [-0.15, -0.1) is 0 Å². The van der Waals surface area contributed by atoms with E-state index in [0.717, 1.165) is 34.8 Å². The molecule has 0 spiro atoms. The Balaban J connectivity index is 1.64. The van der Waals surface area contributed by atoms with E-state index in [1.165, 1.54) is 4.31 Å². The van der Waals surface area contributed by atoms with Crippen molar-refractivity contribution < 1.29 is 17.6 Å². The molecule has 3 aromatic rings. The molecule has 1 N–H and O–H groups in total. The maximum atomic E-state index is 13.4. The summed E-state index contributed by atoms with van der Waals surface area (Å²) in [4.78, 5) is 12.8. The molecule has 2 aromatic carbocycles. The number of amides is 1. The molecule has 0 saturated heterocycles. The molecule has 0 radical (unpaired) electrons. The van der Waals surface area contributed by atoms with Gasteiger partial charge in [-0.1, -0.05) is 24.3 Å². The third-order valence-electron chi connectivity index (χ3n) is 4.72. The number of thioether (sulfide) groups is 1. The van der Waals surface area contributed by atoms with E-state index in [0.29, 0.717) is 12.2 Å². The zero-order valence-corrected chi connectivity index (χ0v) is 19.9. The van der Waals surface area contributed by atoms with Crippen molar-refractivity contribution in [3.8, 4) is 0 Å². The Morgan fingerprint density at radius 1 is 1.03 bits per heavy atom. The summed E-state index contributed by atoms with van der Waals surface area (Å²) in [5, 5.41) is 2.85. The fraction of sp³-hybridized carbons (Fsp3) is 0.292. The molecule has 1 amide bonds. The van der Waals surface area contributed by atoms with E-state index in [-0.39, 0.29) is 17.3 Å². The van der Waals surface area contributed by atoms with Crippen LogP contribution in [0, 0.1) is 13.8 Å². The largest absolute Gasteiger partial charge is 0.468 e. The predicted octanol–water partition coefficient (Wildman–Crippen LogP) is 4.53. The van der Waals surface area contributed by atoms with Gasteiger partial charge in [-0.25, -0.2) is 8.42 Å². The molecule has 0 atom stereocenters. The lowest BCUT2D eigenvalue weighted by molar-refractivity contribution is -0.119. The smallest absolute Gasteiger partial charge is 0.264 e. The minimum absolute atomic E-state index is 0.154. The van der Waals surface area contributed by atoms with E-state index >= 15 is 0 Å². The Bertz CT molecular complexity index is 1090. The molecule has 8 heteroatoms.